The van der Waals surface area contributed by atoms with Gasteiger partial charge in [0.1, 0.15) is 13.2 Å². The number of carboxylic acid groups (broad SMARTS) is 2. The van der Waals surface area contributed by atoms with Gasteiger partial charge in [-0.3, -0.25) is 10.1 Å². The lowest BCUT2D eigenvalue weighted by atomic mass is 10.4. The summed E-state index contributed by atoms with van der Waals surface area (Å²) in [5, 5.41) is 31.4. The molecule has 22 heavy (non-hydrogen) atoms. The van der Waals surface area contributed by atoms with Crippen LogP contribution in [-0.2, 0) is 19.2 Å². The van der Waals surface area contributed by atoms with Crippen LogP contribution in [0.4, 0.5) is 4.79 Å². The number of nitriles is 1. The van der Waals surface area contributed by atoms with E-state index in [9.17, 15) is 19.2 Å². The predicted molar refractivity (Wildman–Crippen MR) is 71.7 cm³/mol. The highest BCUT2D eigenvalue weighted by atomic mass is 16.6. The number of oxime groups is 1. The Bertz CT molecular complexity index is 503. The molecule has 0 fully saturated rings. The van der Waals surface area contributed by atoms with Gasteiger partial charge in [0.15, 0.2) is 0 Å². The number of hydrogen-bond donors (Lipinski definition) is 4. The number of carbonyl (C=O) groups excluding carboxylic acids is 2. The largest absolute Gasteiger partial charge is 0.478 e. The molecule has 0 saturated carbocycles. The normalized spacial score (nSPS) is 9.77. The van der Waals surface area contributed by atoms with Crippen LogP contribution in [0.2, 0.25) is 0 Å². The molecule has 4 N–H and O–H groups in total. The van der Waals surface area contributed by atoms with Gasteiger partial charge in [0.25, 0.3) is 5.91 Å². The van der Waals surface area contributed by atoms with E-state index in [0.29, 0.717) is 18.7 Å². The molecule has 0 heterocycles. The van der Waals surface area contributed by atoms with E-state index in [4.69, 9.17) is 15.5 Å². The second-order valence-corrected chi connectivity index (χ2v) is 3.06. The molecular weight excluding hydrogens is 300 g/mol. The Morgan fingerprint density at radius 2 is 1.73 bits per heavy atom. The van der Waals surface area contributed by atoms with Gasteiger partial charge in [-0.15, -0.1) is 0 Å². The molecule has 0 radical (unpaired) electrons. The van der Waals surface area contributed by atoms with Crippen molar-refractivity contribution in [1.82, 2.24) is 10.6 Å². The molecule has 0 aliphatic carbocycles. The van der Waals surface area contributed by atoms with Crippen LogP contribution in [0.25, 0.3) is 0 Å². The third-order valence-electron chi connectivity index (χ3n) is 1.44. The summed E-state index contributed by atoms with van der Waals surface area (Å²) in [5.74, 6) is -3.42. The Morgan fingerprint density at radius 3 is 2.05 bits per heavy atom. The molecule has 0 aliphatic heterocycles. The summed E-state index contributed by atoms with van der Waals surface area (Å²) in [6, 6.07) is 0.799. The smallest absolute Gasteiger partial charge is 0.328 e. The molecule has 3 amide bonds. The Labute approximate surface area is 124 Å². The fourth-order valence-corrected chi connectivity index (χ4v) is 0.714. The first-order valence-electron chi connectivity index (χ1n) is 5.52. The van der Waals surface area contributed by atoms with Gasteiger partial charge < -0.3 is 20.4 Å². The van der Waals surface area contributed by atoms with Crippen LogP contribution in [0.5, 0.6) is 0 Å². The van der Waals surface area contributed by atoms with Gasteiger partial charge in [-0.25, -0.2) is 14.4 Å². The number of carbonyl (C=O) groups is 4. The summed E-state index contributed by atoms with van der Waals surface area (Å²) in [6.07, 6.45) is 1.12. The minimum atomic E-state index is -1.26. The molecule has 0 atom stereocenters. The average Bonchev–Trinajstić information content (AvgIpc) is 2.43. The minimum absolute atomic E-state index is 0.377. The summed E-state index contributed by atoms with van der Waals surface area (Å²) in [5.41, 5.74) is -0.515. The summed E-state index contributed by atoms with van der Waals surface area (Å²) in [6.45, 7) is 2.07. The molecule has 0 rings (SSSR count). The topological polar surface area (TPSA) is 178 Å². The standard InChI is InChI=1S/C7H10N4O3.C4H4O4/c1-3-9-7(13)10-6(12)5(4-8)11-14-2;5-3(6)1-2-4(7)8/h3H2,1-2H3,(H2,9,10,12,13);1-2H,(H,5,6)(H,7,8). The van der Waals surface area contributed by atoms with Gasteiger partial charge >= 0.3 is 18.0 Å². The molecular formula is C11H14N4O7. The lowest BCUT2D eigenvalue weighted by molar-refractivity contribution is -0.134. The fourth-order valence-electron chi connectivity index (χ4n) is 0.714. The predicted octanol–water partition coefficient (Wildman–Crippen LogP) is -0.930. The van der Waals surface area contributed by atoms with Gasteiger partial charge in [-0.2, -0.15) is 5.26 Å². The number of aliphatic carboxylic acids is 2. The second-order valence-electron chi connectivity index (χ2n) is 3.06. The van der Waals surface area contributed by atoms with E-state index < -0.39 is 29.6 Å². The van der Waals surface area contributed by atoms with Crippen LogP contribution in [-0.4, -0.2) is 53.5 Å². The maximum atomic E-state index is 11.0. The van der Waals surface area contributed by atoms with Gasteiger partial charge in [-0.1, -0.05) is 5.16 Å². The number of hydrogen-bond acceptors (Lipinski definition) is 7. The molecule has 0 saturated heterocycles. The number of nitrogens with one attached hydrogen (secondary N) is 2. The quantitative estimate of drug-likeness (QED) is 0.285. The van der Waals surface area contributed by atoms with Crippen LogP contribution in [0.1, 0.15) is 6.92 Å². The summed E-state index contributed by atoms with van der Waals surface area (Å²) in [7, 11) is 1.19. The van der Waals surface area contributed by atoms with Crippen molar-refractivity contribution in [3.05, 3.63) is 12.2 Å². The molecule has 120 valence electrons. The first kappa shape index (κ1) is 20.9. The maximum Gasteiger partial charge on any atom is 0.328 e. The van der Waals surface area contributed by atoms with E-state index in [1.807, 2.05) is 5.32 Å². The highest BCUT2D eigenvalue weighted by Gasteiger charge is 2.14. The zero-order valence-corrected chi connectivity index (χ0v) is 11.7. The van der Waals surface area contributed by atoms with Gasteiger partial charge in [0.05, 0.1) is 0 Å². The minimum Gasteiger partial charge on any atom is -0.478 e. The van der Waals surface area contributed by atoms with Crippen LogP contribution in [0.15, 0.2) is 17.3 Å². The number of imide groups is 1. The Morgan fingerprint density at radius 1 is 1.23 bits per heavy atom. The first-order valence-corrected chi connectivity index (χ1v) is 5.52. The van der Waals surface area contributed by atoms with E-state index in [1.54, 1.807) is 6.92 Å². The second kappa shape index (κ2) is 12.6. The summed E-state index contributed by atoms with van der Waals surface area (Å²) >= 11 is 0. The van der Waals surface area contributed by atoms with Crippen LogP contribution >= 0.6 is 0 Å². The maximum absolute atomic E-state index is 11.0. The monoisotopic (exact) mass is 314 g/mol. The molecule has 0 aliphatic rings. The third kappa shape index (κ3) is 13.0. The highest BCUT2D eigenvalue weighted by molar-refractivity contribution is 6.46. The number of rotatable bonds is 5. The summed E-state index contributed by atoms with van der Waals surface area (Å²) < 4.78 is 0. The van der Waals surface area contributed by atoms with Gasteiger partial charge in [-0.05, 0) is 6.92 Å². The molecule has 0 bridgehead atoms. The van der Waals surface area contributed by atoms with E-state index in [2.05, 4.69) is 15.3 Å². The molecule has 0 aromatic rings. The van der Waals surface area contributed by atoms with Crippen molar-refractivity contribution < 1.29 is 34.2 Å². The van der Waals surface area contributed by atoms with E-state index in [0.717, 1.165) is 0 Å². The van der Waals surface area contributed by atoms with Crippen molar-refractivity contribution in [2.75, 3.05) is 13.7 Å². The van der Waals surface area contributed by atoms with Crippen molar-refractivity contribution in [3.63, 3.8) is 0 Å². The van der Waals surface area contributed by atoms with Crippen molar-refractivity contribution >= 4 is 29.6 Å². The Balaban J connectivity index is 0. The van der Waals surface area contributed by atoms with Gasteiger partial charge in [0.2, 0.25) is 5.71 Å². The van der Waals surface area contributed by atoms with Crippen LogP contribution in [0.3, 0.4) is 0 Å². The van der Waals surface area contributed by atoms with Crippen LogP contribution in [0, 0.1) is 11.3 Å². The zero-order valence-electron chi connectivity index (χ0n) is 11.7. The van der Waals surface area contributed by atoms with E-state index >= 15 is 0 Å². The van der Waals surface area contributed by atoms with E-state index in [-0.39, 0.29) is 0 Å². The van der Waals surface area contributed by atoms with Gasteiger partial charge in [0, 0.05) is 18.7 Å². The van der Waals surface area contributed by atoms with Crippen LogP contribution < -0.4 is 10.6 Å². The SMILES string of the molecule is CCNC(=O)NC(=O)C(C#N)=NOC.O=C(O)C=CC(=O)O. The van der Waals surface area contributed by atoms with Crippen molar-refractivity contribution in [2.45, 2.75) is 6.92 Å². The van der Waals surface area contributed by atoms with Crippen molar-refractivity contribution in [3.8, 4) is 6.07 Å². The molecule has 0 aromatic carbocycles. The Kier molecular flexibility index (Phi) is 12.0. The third-order valence-corrected chi connectivity index (χ3v) is 1.44. The number of amides is 3. The fraction of sp³-hybridized carbons (Fsp3) is 0.273. The molecule has 11 heteroatoms. The van der Waals surface area contributed by atoms with E-state index in [1.165, 1.54) is 13.2 Å². The molecule has 11 nitrogen and oxygen atoms in total. The molecule has 0 unspecified atom stereocenters. The zero-order chi connectivity index (χ0) is 17.5. The average molecular weight is 314 g/mol. The number of urea groups is 1. The lowest BCUT2D eigenvalue weighted by Crippen LogP contribution is -2.42. The van der Waals surface area contributed by atoms with Crippen molar-refractivity contribution in [2.24, 2.45) is 5.16 Å². The molecule has 0 aromatic heterocycles. The molecule has 0 spiro atoms. The van der Waals surface area contributed by atoms with Crippen molar-refractivity contribution in [1.29, 1.82) is 5.26 Å². The first-order chi connectivity index (χ1) is 10.3. The summed E-state index contributed by atoms with van der Waals surface area (Å²) in [4.78, 5) is 45.2. The highest BCUT2D eigenvalue weighted by Crippen LogP contribution is 1.79. The number of nitrogens with zero attached hydrogens (tertiary/aromatic N) is 2. The lowest BCUT2D eigenvalue weighted by Gasteiger charge is -2.01. The Hall–Kier alpha value is -3.42. The number of carboxylic acids is 2.